The number of hydrogen-bond acceptors (Lipinski definition) is 2. The molecule has 1 N–H and O–H groups in total. The van der Waals surface area contributed by atoms with Gasteiger partial charge in [-0.3, -0.25) is 9.69 Å². The van der Waals surface area contributed by atoms with E-state index < -0.39 is 0 Å². The third kappa shape index (κ3) is 2.48. The molecular formula is C16H24N2O. The molecule has 0 amide bonds. The molecule has 2 fully saturated rings. The van der Waals surface area contributed by atoms with Gasteiger partial charge in [-0.25, -0.2) is 0 Å². The molecule has 1 aromatic rings. The van der Waals surface area contributed by atoms with Crippen LogP contribution in [0.3, 0.4) is 0 Å². The maximum atomic E-state index is 12.4. The van der Waals surface area contributed by atoms with E-state index in [0.29, 0.717) is 12.6 Å². The summed E-state index contributed by atoms with van der Waals surface area (Å²) in [7, 11) is 0. The molecule has 104 valence electrons. The van der Waals surface area contributed by atoms with E-state index in [1.165, 1.54) is 32.1 Å². The summed E-state index contributed by atoms with van der Waals surface area (Å²) in [4.78, 5) is 18.1. The highest BCUT2D eigenvalue weighted by Gasteiger charge is 2.36. The number of rotatable bonds is 3. The smallest absolute Gasteiger partial charge is 0.178 e. The molecule has 2 heterocycles. The molecule has 19 heavy (non-hydrogen) atoms. The lowest BCUT2D eigenvalue weighted by Gasteiger charge is -2.31. The summed E-state index contributed by atoms with van der Waals surface area (Å²) < 4.78 is 0. The Kier molecular flexibility index (Phi) is 3.48. The Morgan fingerprint density at radius 1 is 1.32 bits per heavy atom. The molecule has 1 saturated carbocycles. The first-order valence-electron chi connectivity index (χ1n) is 7.58. The van der Waals surface area contributed by atoms with Gasteiger partial charge in [0.1, 0.15) is 0 Å². The van der Waals surface area contributed by atoms with E-state index in [0.717, 1.165) is 29.4 Å². The Morgan fingerprint density at radius 3 is 2.84 bits per heavy atom. The Hall–Kier alpha value is -1.09. The van der Waals surface area contributed by atoms with Crippen LogP contribution in [0.5, 0.6) is 0 Å². The SMILES string of the molecule is Cc1cc(C(=O)CN2CCC3CCCCC32)c(C)[nH]1. The monoisotopic (exact) mass is 260 g/mol. The van der Waals surface area contributed by atoms with Crippen molar-refractivity contribution >= 4 is 5.78 Å². The third-order valence-electron chi connectivity index (χ3n) is 4.92. The lowest BCUT2D eigenvalue weighted by molar-refractivity contribution is 0.0895. The number of hydrogen-bond donors (Lipinski definition) is 1. The highest BCUT2D eigenvalue weighted by molar-refractivity contribution is 5.98. The molecule has 2 atom stereocenters. The van der Waals surface area contributed by atoms with Crippen molar-refractivity contribution in [2.24, 2.45) is 5.92 Å². The topological polar surface area (TPSA) is 36.1 Å². The molecule has 0 radical (unpaired) electrons. The lowest BCUT2D eigenvalue weighted by atomic mass is 9.85. The van der Waals surface area contributed by atoms with Crippen molar-refractivity contribution in [1.82, 2.24) is 9.88 Å². The first kappa shape index (κ1) is 12.9. The van der Waals surface area contributed by atoms with Crippen LogP contribution in [0, 0.1) is 19.8 Å². The fourth-order valence-corrected chi connectivity index (χ4v) is 3.98. The van der Waals surface area contributed by atoms with Crippen LogP contribution in [-0.4, -0.2) is 34.8 Å². The zero-order valence-corrected chi connectivity index (χ0v) is 12.0. The first-order chi connectivity index (χ1) is 9.15. The number of nitrogens with zero attached hydrogens (tertiary/aromatic N) is 1. The molecule has 2 unspecified atom stereocenters. The Labute approximate surface area is 115 Å². The van der Waals surface area contributed by atoms with Crippen molar-refractivity contribution in [3.63, 3.8) is 0 Å². The number of fused-ring (bicyclic) bond motifs is 1. The van der Waals surface area contributed by atoms with Gasteiger partial charge in [0.15, 0.2) is 5.78 Å². The summed E-state index contributed by atoms with van der Waals surface area (Å²) in [6.07, 6.45) is 6.69. The third-order valence-corrected chi connectivity index (χ3v) is 4.92. The van der Waals surface area contributed by atoms with Gasteiger partial charge in [-0.1, -0.05) is 12.8 Å². The molecule has 3 rings (SSSR count). The molecule has 0 spiro atoms. The van der Waals surface area contributed by atoms with Crippen LogP contribution in [0.4, 0.5) is 0 Å². The van der Waals surface area contributed by atoms with E-state index in [9.17, 15) is 4.79 Å². The fourth-order valence-electron chi connectivity index (χ4n) is 3.98. The van der Waals surface area contributed by atoms with Crippen molar-refractivity contribution in [2.75, 3.05) is 13.1 Å². The molecule has 1 saturated heterocycles. The number of carbonyl (C=O) groups is 1. The predicted octanol–water partition coefficient (Wildman–Crippen LogP) is 3.08. The second-order valence-corrected chi connectivity index (χ2v) is 6.29. The van der Waals surface area contributed by atoms with Crippen LogP contribution >= 0.6 is 0 Å². The molecule has 3 nitrogen and oxygen atoms in total. The van der Waals surface area contributed by atoms with Gasteiger partial charge >= 0.3 is 0 Å². The van der Waals surface area contributed by atoms with Gasteiger partial charge in [-0.05, 0) is 51.6 Å². The fraction of sp³-hybridized carbons (Fsp3) is 0.688. The summed E-state index contributed by atoms with van der Waals surface area (Å²) in [5.74, 6) is 1.14. The van der Waals surface area contributed by atoms with Gasteiger partial charge in [0.05, 0.1) is 6.54 Å². The maximum absolute atomic E-state index is 12.4. The minimum absolute atomic E-state index is 0.285. The quantitative estimate of drug-likeness (QED) is 0.848. The first-order valence-corrected chi connectivity index (χ1v) is 7.58. The van der Waals surface area contributed by atoms with E-state index in [4.69, 9.17) is 0 Å². The second-order valence-electron chi connectivity index (χ2n) is 6.29. The zero-order valence-electron chi connectivity index (χ0n) is 12.0. The van der Waals surface area contributed by atoms with Gasteiger partial charge in [0.2, 0.25) is 0 Å². The van der Waals surface area contributed by atoms with Crippen LogP contribution < -0.4 is 0 Å². The summed E-state index contributed by atoms with van der Waals surface area (Å²) in [6, 6.07) is 2.67. The minimum Gasteiger partial charge on any atom is -0.362 e. The average molecular weight is 260 g/mol. The number of H-pyrrole nitrogens is 1. The van der Waals surface area contributed by atoms with Crippen LogP contribution in [0.15, 0.2) is 6.07 Å². The normalized spacial score (nSPS) is 27.5. The molecule has 1 aliphatic heterocycles. The molecule has 2 aliphatic rings. The van der Waals surface area contributed by atoms with Gasteiger partial charge in [-0.2, -0.15) is 0 Å². The van der Waals surface area contributed by atoms with Crippen LogP contribution in [0.1, 0.15) is 53.8 Å². The Morgan fingerprint density at radius 2 is 2.11 bits per heavy atom. The van der Waals surface area contributed by atoms with Gasteiger partial charge in [0.25, 0.3) is 0 Å². The number of aromatic amines is 1. The Bertz CT molecular complexity index is 477. The summed E-state index contributed by atoms with van der Waals surface area (Å²) in [5, 5.41) is 0. The van der Waals surface area contributed by atoms with Crippen LogP contribution in [0.2, 0.25) is 0 Å². The number of nitrogens with one attached hydrogen (secondary N) is 1. The summed E-state index contributed by atoms with van der Waals surface area (Å²) in [5.41, 5.74) is 2.98. The van der Waals surface area contributed by atoms with Crippen molar-refractivity contribution in [3.05, 3.63) is 23.0 Å². The number of aryl methyl sites for hydroxylation is 2. The largest absolute Gasteiger partial charge is 0.362 e. The second kappa shape index (κ2) is 5.12. The average Bonchev–Trinajstić information content (AvgIpc) is 2.94. The van der Waals surface area contributed by atoms with E-state index in [1.807, 2.05) is 19.9 Å². The van der Waals surface area contributed by atoms with Crippen LogP contribution in [0.25, 0.3) is 0 Å². The van der Waals surface area contributed by atoms with E-state index in [2.05, 4.69) is 9.88 Å². The molecule has 3 heteroatoms. The van der Waals surface area contributed by atoms with E-state index in [-0.39, 0.29) is 5.78 Å². The molecule has 1 aromatic heterocycles. The van der Waals surface area contributed by atoms with Crippen LogP contribution in [-0.2, 0) is 0 Å². The van der Waals surface area contributed by atoms with E-state index in [1.54, 1.807) is 0 Å². The van der Waals surface area contributed by atoms with Crippen molar-refractivity contribution in [2.45, 2.75) is 52.0 Å². The highest BCUT2D eigenvalue weighted by Crippen LogP contribution is 2.36. The number of ketones is 1. The zero-order chi connectivity index (χ0) is 13.4. The van der Waals surface area contributed by atoms with Crippen molar-refractivity contribution in [3.8, 4) is 0 Å². The maximum Gasteiger partial charge on any atom is 0.178 e. The summed E-state index contributed by atoms with van der Waals surface area (Å²) in [6.45, 7) is 5.73. The van der Waals surface area contributed by atoms with Crippen molar-refractivity contribution < 1.29 is 4.79 Å². The highest BCUT2D eigenvalue weighted by atomic mass is 16.1. The number of likely N-dealkylation sites (tertiary alicyclic amines) is 1. The number of carbonyl (C=O) groups excluding carboxylic acids is 1. The Balaban J connectivity index is 1.68. The molecule has 0 aromatic carbocycles. The molecular weight excluding hydrogens is 236 g/mol. The number of aromatic nitrogens is 1. The van der Waals surface area contributed by atoms with Gasteiger partial charge in [0, 0.05) is 23.0 Å². The van der Waals surface area contributed by atoms with Gasteiger partial charge < -0.3 is 4.98 Å². The van der Waals surface area contributed by atoms with Crippen molar-refractivity contribution in [1.29, 1.82) is 0 Å². The minimum atomic E-state index is 0.285. The predicted molar refractivity (Wildman–Crippen MR) is 76.5 cm³/mol. The van der Waals surface area contributed by atoms with E-state index >= 15 is 0 Å². The van der Waals surface area contributed by atoms with Gasteiger partial charge in [-0.15, -0.1) is 0 Å². The number of Topliss-reactive ketones (excluding diaryl/α,β-unsaturated/α-hetero) is 1. The lowest BCUT2D eigenvalue weighted by Crippen LogP contribution is -2.38. The molecule has 0 bridgehead atoms. The molecule has 1 aliphatic carbocycles. The standard InChI is InChI=1S/C16H24N2O/c1-11-9-14(12(2)17-11)16(19)10-18-8-7-13-5-3-4-6-15(13)18/h9,13,15,17H,3-8,10H2,1-2H3. The summed E-state index contributed by atoms with van der Waals surface area (Å²) >= 11 is 0.